The number of nitrogens with two attached hydrogens (primary N) is 1. The highest BCUT2D eigenvalue weighted by molar-refractivity contribution is 5.98. The first kappa shape index (κ1) is 15.8. The van der Waals surface area contributed by atoms with Crippen molar-refractivity contribution in [3.05, 3.63) is 11.4 Å². The van der Waals surface area contributed by atoms with Gasteiger partial charge in [0.1, 0.15) is 5.69 Å². The first-order valence-electron chi connectivity index (χ1n) is 6.44. The second-order valence-corrected chi connectivity index (χ2v) is 4.55. The van der Waals surface area contributed by atoms with E-state index in [9.17, 15) is 9.59 Å². The number of carbonyl (C=O) groups excluding carboxylic acids is 2. The van der Waals surface area contributed by atoms with Gasteiger partial charge >= 0.3 is 6.03 Å². The van der Waals surface area contributed by atoms with E-state index in [1.807, 2.05) is 6.92 Å². The summed E-state index contributed by atoms with van der Waals surface area (Å²) in [5.74, 6) is -0.288. The lowest BCUT2D eigenvalue weighted by atomic mass is 10.3. The summed E-state index contributed by atoms with van der Waals surface area (Å²) < 4.78 is 1.57. The van der Waals surface area contributed by atoms with Gasteiger partial charge in [-0.25, -0.2) is 4.79 Å². The molecule has 20 heavy (non-hydrogen) atoms. The van der Waals surface area contributed by atoms with Gasteiger partial charge in [-0.2, -0.15) is 5.10 Å². The van der Waals surface area contributed by atoms with Crippen molar-refractivity contribution in [3.8, 4) is 0 Å². The number of anilines is 1. The molecule has 0 aliphatic heterocycles. The lowest BCUT2D eigenvalue weighted by Gasteiger charge is -2.12. The van der Waals surface area contributed by atoms with Crippen molar-refractivity contribution >= 4 is 17.6 Å². The minimum atomic E-state index is -0.288. The molecule has 1 aromatic rings. The van der Waals surface area contributed by atoms with Gasteiger partial charge in [-0.15, -0.1) is 0 Å². The second kappa shape index (κ2) is 6.78. The fraction of sp³-hybridized carbons (Fsp3) is 0.583. The molecule has 0 unspecified atom stereocenters. The van der Waals surface area contributed by atoms with E-state index in [-0.39, 0.29) is 11.9 Å². The van der Waals surface area contributed by atoms with Crippen LogP contribution in [0.2, 0.25) is 0 Å². The summed E-state index contributed by atoms with van der Waals surface area (Å²) in [5.41, 5.74) is 7.24. The Morgan fingerprint density at radius 1 is 1.30 bits per heavy atom. The molecule has 0 saturated carbocycles. The molecule has 0 atom stereocenters. The molecule has 3 amide bonds. The van der Waals surface area contributed by atoms with Crippen molar-refractivity contribution in [2.75, 3.05) is 32.9 Å². The molecule has 0 aliphatic carbocycles. The second-order valence-electron chi connectivity index (χ2n) is 4.55. The van der Waals surface area contributed by atoms with Crippen LogP contribution in [-0.2, 0) is 6.54 Å². The first-order chi connectivity index (χ1) is 9.38. The third kappa shape index (κ3) is 3.62. The van der Waals surface area contributed by atoms with E-state index in [0.717, 1.165) is 0 Å². The topological polar surface area (TPSA) is 105 Å². The molecule has 8 nitrogen and oxygen atoms in total. The quantitative estimate of drug-likeness (QED) is 0.650. The zero-order valence-corrected chi connectivity index (χ0v) is 12.4. The Bertz CT molecular complexity index is 494. The SMILES string of the molecule is CCn1nc(C)c(N)c1C(=O)NCCNC(=O)N(C)C. The molecule has 0 fully saturated rings. The van der Waals surface area contributed by atoms with Crippen LogP contribution in [0.15, 0.2) is 0 Å². The standard InChI is InChI=1S/C12H22N6O2/c1-5-18-10(9(13)8(2)16-18)11(19)14-6-7-15-12(20)17(3)4/h5-7,13H2,1-4H3,(H,14,19)(H,15,20). The van der Waals surface area contributed by atoms with E-state index in [0.29, 0.717) is 36.7 Å². The summed E-state index contributed by atoms with van der Waals surface area (Å²) in [4.78, 5) is 24.8. The number of urea groups is 1. The van der Waals surface area contributed by atoms with Gasteiger partial charge in [-0.05, 0) is 13.8 Å². The summed E-state index contributed by atoms with van der Waals surface area (Å²) in [7, 11) is 3.30. The molecule has 8 heteroatoms. The number of rotatable bonds is 5. The monoisotopic (exact) mass is 282 g/mol. The van der Waals surface area contributed by atoms with Crippen LogP contribution in [0.5, 0.6) is 0 Å². The highest BCUT2D eigenvalue weighted by Gasteiger charge is 2.18. The van der Waals surface area contributed by atoms with Crippen molar-refractivity contribution < 1.29 is 9.59 Å². The number of hydrogen-bond acceptors (Lipinski definition) is 4. The van der Waals surface area contributed by atoms with Gasteiger partial charge in [0.2, 0.25) is 0 Å². The number of nitrogen functional groups attached to an aromatic ring is 1. The third-order valence-electron chi connectivity index (χ3n) is 2.78. The van der Waals surface area contributed by atoms with Crippen LogP contribution in [0.4, 0.5) is 10.5 Å². The molecule has 0 aromatic carbocycles. The van der Waals surface area contributed by atoms with E-state index in [2.05, 4.69) is 15.7 Å². The highest BCUT2D eigenvalue weighted by Crippen LogP contribution is 2.15. The van der Waals surface area contributed by atoms with Crippen molar-refractivity contribution in [2.45, 2.75) is 20.4 Å². The first-order valence-corrected chi connectivity index (χ1v) is 6.44. The summed E-state index contributed by atoms with van der Waals surface area (Å²) in [5, 5.41) is 9.55. The molecular weight excluding hydrogens is 260 g/mol. The smallest absolute Gasteiger partial charge is 0.316 e. The number of carbonyl (C=O) groups is 2. The molecule has 0 aliphatic rings. The summed E-state index contributed by atoms with van der Waals surface area (Å²) in [6, 6.07) is -0.201. The zero-order chi connectivity index (χ0) is 15.3. The Kier molecular flexibility index (Phi) is 5.36. The van der Waals surface area contributed by atoms with Crippen molar-refractivity contribution in [2.24, 2.45) is 0 Å². The van der Waals surface area contributed by atoms with Crippen LogP contribution in [0.1, 0.15) is 23.1 Å². The molecule has 4 N–H and O–H groups in total. The van der Waals surface area contributed by atoms with Gasteiger partial charge in [0.25, 0.3) is 5.91 Å². The Labute approximate surface area is 118 Å². The molecule has 1 aromatic heterocycles. The van der Waals surface area contributed by atoms with Gasteiger partial charge in [-0.3, -0.25) is 9.48 Å². The maximum atomic E-state index is 12.1. The molecule has 0 spiro atoms. The number of hydrogen-bond donors (Lipinski definition) is 3. The molecule has 112 valence electrons. The van der Waals surface area contributed by atoms with E-state index < -0.39 is 0 Å². The third-order valence-corrected chi connectivity index (χ3v) is 2.78. The number of aromatic nitrogens is 2. The predicted molar refractivity (Wildman–Crippen MR) is 76.5 cm³/mol. The fourth-order valence-electron chi connectivity index (χ4n) is 1.65. The maximum Gasteiger partial charge on any atom is 0.316 e. The van der Waals surface area contributed by atoms with Gasteiger partial charge in [0.05, 0.1) is 11.4 Å². The van der Waals surface area contributed by atoms with Gasteiger partial charge in [-0.1, -0.05) is 0 Å². The fourth-order valence-corrected chi connectivity index (χ4v) is 1.65. The summed E-state index contributed by atoms with van der Waals surface area (Å²) >= 11 is 0. The lowest BCUT2D eigenvalue weighted by molar-refractivity contribution is 0.0944. The molecule has 0 radical (unpaired) electrons. The summed E-state index contributed by atoms with van der Waals surface area (Å²) in [6.07, 6.45) is 0. The number of nitrogens with zero attached hydrogens (tertiary/aromatic N) is 3. The van der Waals surface area contributed by atoms with E-state index in [1.165, 1.54) is 4.90 Å². The van der Waals surface area contributed by atoms with Gasteiger partial charge in [0, 0.05) is 33.7 Å². The Balaban J connectivity index is 2.54. The van der Waals surface area contributed by atoms with Crippen LogP contribution < -0.4 is 16.4 Å². The van der Waals surface area contributed by atoms with Crippen LogP contribution in [0.25, 0.3) is 0 Å². The number of aryl methyl sites for hydroxylation is 2. The number of nitrogens with one attached hydrogen (secondary N) is 2. The normalized spacial score (nSPS) is 10.2. The van der Waals surface area contributed by atoms with Gasteiger partial charge < -0.3 is 21.3 Å². The Hall–Kier alpha value is -2.25. The highest BCUT2D eigenvalue weighted by atomic mass is 16.2. The molecular formula is C12H22N6O2. The summed E-state index contributed by atoms with van der Waals surface area (Å²) in [6.45, 7) is 4.89. The van der Waals surface area contributed by atoms with Crippen molar-refractivity contribution in [3.63, 3.8) is 0 Å². The van der Waals surface area contributed by atoms with E-state index in [1.54, 1.807) is 25.7 Å². The van der Waals surface area contributed by atoms with Gasteiger partial charge in [0.15, 0.2) is 0 Å². The minimum Gasteiger partial charge on any atom is -0.395 e. The van der Waals surface area contributed by atoms with Crippen molar-refractivity contribution in [1.82, 2.24) is 25.3 Å². The molecule has 0 bridgehead atoms. The van der Waals surface area contributed by atoms with Crippen molar-refractivity contribution in [1.29, 1.82) is 0 Å². The molecule has 0 saturated heterocycles. The van der Waals surface area contributed by atoms with Crippen LogP contribution in [0.3, 0.4) is 0 Å². The zero-order valence-electron chi connectivity index (χ0n) is 12.4. The average Bonchev–Trinajstić information content (AvgIpc) is 2.69. The maximum absolute atomic E-state index is 12.1. The van der Waals surface area contributed by atoms with E-state index >= 15 is 0 Å². The average molecular weight is 282 g/mol. The van der Waals surface area contributed by atoms with E-state index in [4.69, 9.17) is 5.73 Å². The lowest BCUT2D eigenvalue weighted by Crippen LogP contribution is -2.40. The minimum absolute atomic E-state index is 0.201. The van der Waals surface area contributed by atoms with Crippen LogP contribution in [-0.4, -0.2) is 53.8 Å². The van der Waals surface area contributed by atoms with Crippen LogP contribution in [0, 0.1) is 6.92 Å². The molecule has 1 heterocycles. The van der Waals surface area contributed by atoms with Crippen LogP contribution >= 0.6 is 0 Å². The largest absolute Gasteiger partial charge is 0.395 e. The number of amides is 3. The molecule has 1 rings (SSSR count). The Morgan fingerprint density at radius 2 is 1.90 bits per heavy atom. The predicted octanol–water partition coefficient (Wildman–Crippen LogP) is -0.205. The Morgan fingerprint density at radius 3 is 2.45 bits per heavy atom.